The van der Waals surface area contributed by atoms with Gasteiger partial charge >= 0.3 is 6.18 Å². The van der Waals surface area contributed by atoms with Crippen molar-refractivity contribution in [3.8, 4) is 5.75 Å². The molecule has 0 saturated carbocycles. The third-order valence-corrected chi connectivity index (χ3v) is 7.25. The van der Waals surface area contributed by atoms with Crippen LogP contribution in [0.5, 0.6) is 5.75 Å². The quantitative estimate of drug-likeness (QED) is 0.206. The van der Waals surface area contributed by atoms with E-state index in [9.17, 15) is 32.7 Å². The second kappa shape index (κ2) is 16.2. The fourth-order valence-corrected chi connectivity index (χ4v) is 4.78. The van der Waals surface area contributed by atoms with Crippen LogP contribution in [0.15, 0.2) is 72.9 Å². The zero-order chi connectivity index (χ0) is 33.1. The molecule has 0 radical (unpaired) electrons. The van der Waals surface area contributed by atoms with Gasteiger partial charge in [-0.25, -0.2) is 0 Å². The number of halogens is 4. The summed E-state index contributed by atoms with van der Waals surface area (Å²) in [4.78, 5) is 44.5. The minimum absolute atomic E-state index is 0.0000781. The molecule has 3 aromatic rings. The smallest absolute Gasteiger partial charge is 0.416 e. The largest absolute Gasteiger partial charge is 0.497 e. The first-order chi connectivity index (χ1) is 21.3. The molecule has 3 rings (SSSR count). The molecule has 1 heterocycles. The molecule has 2 aromatic carbocycles. The topological polar surface area (TPSA) is 130 Å². The van der Waals surface area contributed by atoms with Gasteiger partial charge < -0.3 is 25.8 Å². The summed E-state index contributed by atoms with van der Waals surface area (Å²) in [5.74, 6) is -2.59. The Morgan fingerprint density at radius 2 is 1.67 bits per heavy atom. The molecule has 0 saturated heterocycles. The van der Waals surface area contributed by atoms with E-state index in [0.29, 0.717) is 28.5 Å². The van der Waals surface area contributed by atoms with Gasteiger partial charge in [0.25, 0.3) is 0 Å². The first kappa shape index (κ1) is 35.3. The van der Waals surface area contributed by atoms with Crippen LogP contribution in [0.1, 0.15) is 43.1 Å². The molecule has 45 heavy (non-hydrogen) atoms. The number of aryl methyl sites for hydroxylation is 1. The van der Waals surface area contributed by atoms with E-state index in [1.54, 1.807) is 48.7 Å². The predicted octanol–water partition coefficient (Wildman–Crippen LogP) is 4.33. The van der Waals surface area contributed by atoms with Gasteiger partial charge in [0.2, 0.25) is 17.7 Å². The molecule has 0 fully saturated rings. The van der Waals surface area contributed by atoms with E-state index >= 15 is 0 Å². The molecular formula is C32H36ClF3N4O5. The first-order valence-corrected chi connectivity index (χ1v) is 14.6. The monoisotopic (exact) mass is 648 g/mol. The average molecular weight is 649 g/mol. The molecule has 242 valence electrons. The molecule has 0 spiro atoms. The van der Waals surface area contributed by atoms with Crippen LogP contribution >= 0.6 is 11.6 Å². The molecule has 9 nitrogen and oxygen atoms in total. The van der Waals surface area contributed by atoms with Crippen molar-refractivity contribution in [2.24, 2.45) is 5.92 Å². The Hall–Kier alpha value is -4.16. The standard InChI is InChI=1S/C32H36ClF3N4O5/c1-19(2)27(29(42)32(34,35)36)39-31(44)28(21-10-13-24(45-3)14-11-21)40-30(43)25(18-20-7-6-8-22(33)17-20)38-26(41)15-12-23-9-4-5-16-37-23/h4-11,13-14,16-17,19,25,27-29,42H,12,15,18H2,1-3H3,(H,38,41)(H,39,44)(H,40,43)/t25-,27-,28-,29-/m0/s1. The number of aliphatic hydroxyl groups is 1. The molecular weight excluding hydrogens is 613 g/mol. The minimum atomic E-state index is -5.00. The van der Waals surface area contributed by atoms with Gasteiger partial charge in [0.05, 0.1) is 13.2 Å². The highest BCUT2D eigenvalue weighted by Gasteiger charge is 2.46. The molecule has 0 unspecified atom stereocenters. The van der Waals surface area contributed by atoms with Gasteiger partial charge in [0.15, 0.2) is 6.10 Å². The van der Waals surface area contributed by atoms with Crippen LogP contribution in [0.4, 0.5) is 13.2 Å². The summed E-state index contributed by atoms with van der Waals surface area (Å²) in [5.41, 5.74) is 1.53. The number of rotatable bonds is 14. The summed E-state index contributed by atoms with van der Waals surface area (Å²) in [6.07, 6.45) is -5.91. The highest BCUT2D eigenvalue weighted by Crippen LogP contribution is 2.26. The number of pyridine rings is 1. The Bertz CT molecular complexity index is 1420. The Morgan fingerprint density at radius 1 is 0.956 bits per heavy atom. The van der Waals surface area contributed by atoms with E-state index < -0.39 is 54.0 Å². The van der Waals surface area contributed by atoms with Gasteiger partial charge in [-0.1, -0.05) is 55.8 Å². The molecule has 0 bridgehead atoms. The van der Waals surface area contributed by atoms with E-state index in [4.69, 9.17) is 16.3 Å². The molecule has 1 aromatic heterocycles. The first-order valence-electron chi connectivity index (χ1n) is 14.2. The number of hydrogen-bond donors (Lipinski definition) is 4. The van der Waals surface area contributed by atoms with Crippen LogP contribution < -0.4 is 20.7 Å². The number of nitrogens with zero attached hydrogens (tertiary/aromatic N) is 1. The summed E-state index contributed by atoms with van der Waals surface area (Å²) >= 11 is 6.13. The second-order valence-corrected chi connectivity index (χ2v) is 11.2. The third kappa shape index (κ3) is 10.8. The number of benzene rings is 2. The number of hydrogen-bond acceptors (Lipinski definition) is 6. The molecule has 3 amide bonds. The van der Waals surface area contributed by atoms with Crippen molar-refractivity contribution in [2.45, 2.75) is 63.5 Å². The van der Waals surface area contributed by atoms with Gasteiger partial charge in [-0.05, 0) is 59.9 Å². The van der Waals surface area contributed by atoms with Gasteiger partial charge in [-0.3, -0.25) is 19.4 Å². The molecule has 4 N–H and O–H groups in total. The summed E-state index contributed by atoms with van der Waals surface area (Å²) in [5, 5.41) is 17.9. The van der Waals surface area contributed by atoms with Gasteiger partial charge in [0, 0.05) is 29.8 Å². The van der Waals surface area contributed by atoms with Crippen molar-refractivity contribution in [1.29, 1.82) is 0 Å². The van der Waals surface area contributed by atoms with Gasteiger partial charge in [0.1, 0.15) is 17.8 Å². The van der Waals surface area contributed by atoms with Crippen molar-refractivity contribution >= 4 is 29.3 Å². The Kier molecular flexibility index (Phi) is 12.7. The van der Waals surface area contributed by atoms with Crippen LogP contribution in [0, 0.1) is 5.92 Å². The summed E-state index contributed by atoms with van der Waals surface area (Å²) in [7, 11) is 1.43. The average Bonchev–Trinajstić information content (AvgIpc) is 3.00. The summed E-state index contributed by atoms with van der Waals surface area (Å²) in [6, 6.07) is 13.6. The van der Waals surface area contributed by atoms with Crippen molar-refractivity contribution < 1.29 is 37.4 Å². The number of nitrogens with one attached hydrogen (secondary N) is 3. The van der Waals surface area contributed by atoms with Gasteiger partial charge in [-0.2, -0.15) is 13.2 Å². The lowest BCUT2D eigenvalue weighted by atomic mass is 9.96. The Morgan fingerprint density at radius 3 is 2.24 bits per heavy atom. The molecule has 0 aliphatic rings. The van der Waals surface area contributed by atoms with Crippen LogP contribution in [0.25, 0.3) is 0 Å². The Labute approximate surface area is 264 Å². The van der Waals surface area contributed by atoms with Crippen LogP contribution in [0.2, 0.25) is 5.02 Å². The zero-order valence-electron chi connectivity index (χ0n) is 25.0. The normalized spacial score (nSPS) is 14.2. The van der Waals surface area contributed by atoms with Crippen LogP contribution in [0.3, 0.4) is 0 Å². The van der Waals surface area contributed by atoms with E-state index in [1.807, 2.05) is 0 Å². The molecule has 0 aliphatic heterocycles. The minimum Gasteiger partial charge on any atom is -0.497 e. The number of carbonyl (C=O) groups excluding carboxylic acids is 3. The van der Waals surface area contributed by atoms with E-state index in [2.05, 4.69) is 20.9 Å². The number of amides is 3. The number of aromatic nitrogens is 1. The lowest BCUT2D eigenvalue weighted by molar-refractivity contribution is -0.215. The lowest BCUT2D eigenvalue weighted by Gasteiger charge is -2.31. The maximum atomic E-state index is 13.8. The molecule has 13 heteroatoms. The molecule has 4 atom stereocenters. The van der Waals surface area contributed by atoms with Gasteiger partial charge in [-0.15, -0.1) is 0 Å². The van der Waals surface area contributed by atoms with Crippen molar-refractivity contribution in [3.63, 3.8) is 0 Å². The fourth-order valence-electron chi connectivity index (χ4n) is 4.56. The third-order valence-electron chi connectivity index (χ3n) is 7.02. The maximum Gasteiger partial charge on any atom is 0.416 e. The maximum absolute atomic E-state index is 13.8. The van der Waals surface area contributed by atoms with E-state index in [0.717, 1.165) is 0 Å². The lowest BCUT2D eigenvalue weighted by Crippen LogP contribution is -2.56. The highest BCUT2D eigenvalue weighted by atomic mass is 35.5. The van der Waals surface area contributed by atoms with Crippen LogP contribution in [-0.2, 0) is 27.2 Å². The SMILES string of the molecule is COc1ccc([C@H](NC(=O)[C@H](Cc2cccc(Cl)c2)NC(=O)CCc2ccccn2)C(=O)N[C@@H](C(C)C)[C@H](O)C(F)(F)F)cc1. The predicted molar refractivity (Wildman–Crippen MR) is 162 cm³/mol. The number of methoxy groups -OCH3 is 1. The number of carbonyl (C=O) groups is 3. The highest BCUT2D eigenvalue weighted by molar-refractivity contribution is 6.30. The fraction of sp³-hybridized carbons (Fsp3) is 0.375. The van der Waals surface area contributed by atoms with Crippen LogP contribution in [-0.4, -0.2) is 59.3 Å². The zero-order valence-corrected chi connectivity index (χ0v) is 25.7. The molecule has 0 aliphatic carbocycles. The van der Waals surface area contributed by atoms with Crippen molar-refractivity contribution in [3.05, 3.63) is 94.8 Å². The van der Waals surface area contributed by atoms with Crippen molar-refractivity contribution in [2.75, 3.05) is 7.11 Å². The van der Waals surface area contributed by atoms with Crippen molar-refractivity contribution in [1.82, 2.24) is 20.9 Å². The number of aliphatic hydroxyl groups excluding tert-OH is 1. The van der Waals surface area contributed by atoms with E-state index in [-0.39, 0.29) is 18.4 Å². The summed E-state index contributed by atoms with van der Waals surface area (Å²) < 4.78 is 45.4. The van der Waals surface area contributed by atoms with E-state index in [1.165, 1.54) is 45.2 Å². The number of ether oxygens (including phenoxy) is 1. The second-order valence-electron chi connectivity index (χ2n) is 10.8. The Balaban J connectivity index is 1.89. The summed E-state index contributed by atoms with van der Waals surface area (Å²) in [6.45, 7) is 2.84. The number of alkyl halides is 3.